The molecule has 34 heavy (non-hydrogen) atoms. The lowest BCUT2D eigenvalue weighted by atomic mass is 9.92. The molecule has 1 aliphatic carbocycles. The third-order valence-corrected chi connectivity index (χ3v) is 5.86. The Bertz CT molecular complexity index is 1030. The Balaban J connectivity index is 1.79. The van der Waals surface area contributed by atoms with Crippen molar-refractivity contribution in [2.75, 3.05) is 26.6 Å². The van der Waals surface area contributed by atoms with Crippen LogP contribution in [0.4, 0.5) is 5.69 Å². The largest absolute Gasteiger partial charge is 0.493 e. The number of hydrogen-bond acceptors (Lipinski definition) is 7. The van der Waals surface area contributed by atoms with E-state index in [4.69, 9.17) is 9.47 Å². The van der Waals surface area contributed by atoms with E-state index in [1.54, 1.807) is 32.4 Å². The molecule has 0 atom stereocenters. The third-order valence-electron chi connectivity index (χ3n) is 5.86. The van der Waals surface area contributed by atoms with E-state index in [-0.39, 0.29) is 18.1 Å². The maximum absolute atomic E-state index is 13.2. The summed E-state index contributed by atoms with van der Waals surface area (Å²) in [5.41, 5.74) is 2.75. The van der Waals surface area contributed by atoms with Gasteiger partial charge in [0.2, 0.25) is 0 Å². The summed E-state index contributed by atoms with van der Waals surface area (Å²) < 4.78 is 15.3. The Morgan fingerprint density at radius 3 is 2.41 bits per heavy atom. The normalized spacial score (nSPS) is 17.8. The number of amides is 1. The van der Waals surface area contributed by atoms with Crippen LogP contribution in [-0.4, -0.2) is 50.5 Å². The maximum atomic E-state index is 13.2. The minimum absolute atomic E-state index is 0.178. The first kappa shape index (κ1) is 25.1. The second kappa shape index (κ2) is 12.1. The average molecular weight is 469 g/mol. The molecule has 2 aromatic carbocycles. The first-order valence-electron chi connectivity index (χ1n) is 11.3. The first-order chi connectivity index (χ1) is 16.4. The number of benzene rings is 2. The highest BCUT2D eigenvalue weighted by Crippen LogP contribution is 2.28. The summed E-state index contributed by atoms with van der Waals surface area (Å²) in [5, 5.41) is 16.2. The molecule has 0 unspecified atom stereocenters. The average Bonchev–Trinajstić information content (AvgIpc) is 2.87. The van der Waals surface area contributed by atoms with Gasteiger partial charge in [-0.15, -0.1) is 0 Å². The molecule has 8 nitrogen and oxygen atoms in total. The lowest BCUT2D eigenvalue weighted by Crippen LogP contribution is -2.30. The van der Waals surface area contributed by atoms with Gasteiger partial charge in [-0.25, -0.2) is 4.79 Å². The van der Waals surface area contributed by atoms with Crippen LogP contribution in [0.15, 0.2) is 42.5 Å². The smallest absolute Gasteiger partial charge is 0.330 e. The van der Waals surface area contributed by atoms with Crippen molar-refractivity contribution in [3.63, 3.8) is 0 Å². The van der Waals surface area contributed by atoms with Crippen molar-refractivity contribution in [1.29, 1.82) is 0 Å². The number of carbonyl (C=O) groups excluding carboxylic acids is 2. The first-order valence-corrected chi connectivity index (χ1v) is 11.3. The van der Waals surface area contributed by atoms with Gasteiger partial charge in [-0.05, 0) is 67.2 Å². The van der Waals surface area contributed by atoms with Crippen LogP contribution in [0.5, 0.6) is 11.5 Å². The quantitative estimate of drug-likeness (QED) is 0.382. The fraction of sp³-hybridized carbons (Fsp3) is 0.385. The fourth-order valence-electron chi connectivity index (χ4n) is 3.92. The second-order valence-electron chi connectivity index (χ2n) is 8.18. The van der Waals surface area contributed by atoms with Crippen LogP contribution < -0.4 is 20.1 Å². The summed E-state index contributed by atoms with van der Waals surface area (Å²) >= 11 is 0. The van der Waals surface area contributed by atoms with Crippen molar-refractivity contribution in [3.8, 4) is 11.5 Å². The van der Waals surface area contributed by atoms with Crippen LogP contribution in [0.2, 0.25) is 0 Å². The number of nitrogens with one attached hydrogen (secondary N) is 2. The van der Waals surface area contributed by atoms with Crippen LogP contribution in [-0.2, 0) is 16.1 Å². The minimum atomic E-state index is -0.470. The van der Waals surface area contributed by atoms with Crippen LogP contribution >= 0.6 is 0 Å². The van der Waals surface area contributed by atoms with E-state index in [1.807, 2.05) is 24.3 Å². The highest BCUT2D eigenvalue weighted by Gasteiger charge is 2.21. The minimum Gasteiger partial charge on any atom is -0.493 e. The summed E-state index contributed by atoms with van der Waals surface area (Å²) in [4.78, 5) is 24.7. The predicted molar refractivity (Wildman–Crippen MR) is 130 cm³/mol. The zero-order chi connectivity index (χ0) is 24.5. The van der Waals surface area contributed by atoms with Gasteiger partial charge in [0, 0.05) is 24.4 Å². The molecule has 0 heterocycles. The maximum Gasteiger partial charge on any atom is 0.330 e. The second-order valence-corrected chi connectivity index (χ2v) is 8.18. The molecule has 3 rings (SSSR count). The van der Waals surface area contributed by atoms with Gasteiger partial charge < -0.3 is 30.0 Å². The predicted octanol–water partition coefficient (Wildman–Crippen LogP) is 3.54. The molecule has 8 heteroatoms. The molecule has 0 spiro atoms. The van der Waals surface area contributed by atoms with E-state index >= 15 is 0 Å². The zero-order valence-corrected chi connectivity index (χ0v) is 19.8. The van der Waals surface area contributed by atoms with Gasteiger partial charge in [-0.1, -0.05) is 12.1 Å². The molecule has 1 aliphatic rings. The lowest BCUT2D eigenvalue weighted by molar-refractivity contribution is -0.134. The Morgan fingerprint density at radius 2 is 1.74 bits per heavy atom. The van der Waals surface area contributed by atoms with E-state index in [2.05, 4.69) is 15.4 Å². The fourth-order valence-corrected chi connectivity index (χ4v) is 3.92. The Labute approximate surface area is 199 Å². The van der Waals surface area contributed by atoms with Gasteiger partial charge in [0.1, 0.15) is 0 Å². The number of esters is 1. The number of methoxy groups -OCH3 is 3. The number of aliphatic hydroxyl groups excluding tert-OH is 1. The van der Waals surface area contributed by atoms with Gasteiger partial charge in [-0.2, -0.15) is 0 Å². The number of anilines is 1. The molecule has 0 aromatic heterocycles. The Hall–Kier alpha value is -3.52. The van der Waals surface area contributed by atoms with Gasteiger partial charge in [-0.3, -0.25) is 4.79 Å². The summed E-state index contributed by atoms with van der Waals surface area (Å²) in [6.45, 7) is 0.302. The van der Waals surface area contributed by atoms with Crippen LogP contribution in [0.25, 0.3) is 6.08 Å². The molecule has 1 amide bonds. The third kappa shape index (κ3) is 6.74. The number of hydrogen-bond donors (Lipinski definition) is 3. The van der Waals surface area contributed by atoms with E-state index in [1.165, 1.54) is 13.2 Å². The highest BCUT2D eigenvalue weighted by atomic mass is 16.5. The number of carbonyl (C=O) groups is 2. The molecule has 0 saturated heterocycles. The van der Waals surface area contributed by atoms with Crippen LogP contribution in [0.1, 0.15) is 47.2 Å². The number of aliphatic hydroxyl groups is 1. The van der Waals surface area contributed by atoms with Gasteiger partial charge >= 0.3 is 5.97 Å². The molecule has 3 N–H and O–H groups in total. The standard InChI is InChI=1S/C26H32N2O6/c1-32-23-12-5-18(15-24(23)33-2)16-27-26(31)21-14-17(6-13-25(30)34-3)4-11-22(21)28-19-7-9-20(29)10-8-19/h4-6,11-15,19-20,28-29H,7-10,16H2,1-3H3,(H,27,31)/t19-,20-. The SMILES string of the molecule is COC(=O)C=Cc1ccc(N[C@H]2CC[C@H](O)CC2)c(C(=O)NCc2ccc(OC)c(OC)c2)c1. The van der Waals surface area contributed by atoms with Crippen molar-refractivity contribution in [2.45, 2.75) is 44.4 Å². The van der Waals surface area contributed by atoms with E-state index in [0.29, 0.717) is 34.9 Å². The van der Waals surface area contributed by atoms with E-state index in [0.717, 1.165) is 31.2 Å². The van der Waals surface area contributed by atoms with Gasteiger partial charge in [0.25, 0.3) is 5.91 Å². The molecule has 182 valence electrons. The van der Waals surface area contributed by atoms with E-state index < -0.39 is 5.97 Å². The van der Waals surface area contributed by atoms with Crippen molar-refractivity contribution < 1.29 is 28.9 Å². The Kier molecular flexibility index (Phi) is 8.93. The highest BCUT2D eigenvalue weighted by molar-refractivity contribution is 6.00. The zero-order valence-electron chi connectivity index (χ0n) is 19.8. The van der Waals surface area contributed by atoms with E-state index in [9.17, 15) is 14.7 Å². The summed E-state index contributed by atoms with van der Waals surface area (Å²) in [6.07, 6.45) is 5.80. The monoisotopic (exact) mass is 468 g/mol. The van der Waals surface area contributed by atoms with Crippen LogP contribution in [0.3, 0.4) is 0 Å². The van der Waals surface area contributed by atoms with Gasteiger partial charge in [0.05, 0.1) is 33.0 Å². The van der Waals surface area contributed by atoms with Crippen molar-refractivity contribution >= 4 is 23.6 Å². The van der Waals surface area contributed by atoms with Crippen molar-refractivity contribution in [2.24, 2.45) is 0 Å². The van der Waals surface area contributed by atoms with Gasteiger partial charge in [0.15, 0.2) is 11.5 Å². The Morgan fingerprint density at radius 1 is 1.00 bits per heavy atom. The number of rotatable bonds is 9. The summed E-state index contributed by atoms with van der Waals surface area (Å²) in [6, 6.07) is 11.1. The molecule has 1 fully saturated rings. The lowest BCUT2D eigenvalue weighted by Gasteiger charge is -2.28. The molecule has 1 saturated carbocycles. The number of ether oxygens (including phenoxy) is 3. The molecular weight excluding hydrogens is 436 g/mol. The van der Waals surface area contributed by atoms with Crippen molar-refractivity contribution in [3.05, 3.63) is 59.2 Å². The topological polar surface area (TPSA) is 106 Å². The molecule has 0 aliphatic heterocycles. The molecule has 0 bridgehead atoms. The molecular formula is C26H32N2O6. The molecule has 0 radical (unpaired) electrons. The summed E-state index contributed by atoms with van der Waals surface area (Å²) in [7, 11) is 4.45. The van der Waals surface area contributed by atoms with Crippen LogP contribution in [0, 0.1) is 0 Å². The summed E-state index contributed by atoms with van der Waals surface area (Å²) in [5.74, 6) is 0.488. The molecule has 2 aromatic rings. The van der Waals surface area contributed by atoms with Crippen molar-refractivity contribution in [1.82, 2.24) is 5.32 Å².